The molecule has 4 aromatic rings. The van der Waals surface area contributed by atoms with Crippen molar-refractivity contribution in [3.8, 4) is 0 Å². The Morgan fingerprint density at radius 2 is 1.93 bits per heavy atom. The summed E-state index contributed by atoms with van der Waals surface area (Å²) in [6, 6.07) is 10.5. The second-order valence-corrected chi connectivity index (χ2v) is 7.12. The van der Waals surface area contributed by atoms with Crippen LogP contribution in [-0.2, 0) is 17.0 Å². The zero-order valence-corrected chi connectivity index (χ0v) is 15.8. The number of anilines is 1. The minimum atomic E-state index is -0.760. The highest BCUT2D eigenvalue weighted by Crippen LogP contribution is 2.22. The van der Waals surface area contributed by atoms with Crippen molar-refractivity contribution < 1.29 is 18.1 Å². The van der Waals surface area contributed by atoms with Crippen LogP contribution in [-0.4, -0.2) is 26.0 Å². The summed E-state index contributed by atoms with van der Waals surface area (Å²) >= 11 is 1.44. The maximum Gasteiger partial charge on any atom is 0.227 e. The molecule has 0 aliphatic carbocycles. The van der Waals surface area contributed by atoms with Gasteiger partial charge in [0.05, 0.1) is 16.8 Å². The van der Waals surface area contributed by atoms with E-state index in [1.54, 1.807) is 0 Å². The van der Waals surface area contributed by atoms with E-state index >= 15 is 0 Å². The fraction of sp³-hybridized carbons (Fsp3) is 0.158. The summed E-state index contributed by atoms with van der Waals surface area (Å²) < 4.78 is 31.5. The first-order valence-corrected chi connectivity index (χ1v) is 9.69. The van der Waals surface area contributed by atoms with Gasteiger partial charge in [-0.2, -0.15) is 4.98 Å². The van der Waals surface area contributed by atoms with Crippen LogP contribution >= 0.6 is 11.8 Å². The van der Waals surface area contributed by atoms with Crippen LogP contribution in [0.3, 0.4) is 0 Å². The standard InChI is InChI=1S/C19H15F2N5O2S/c20-11-7-12(21)9-13(8-11)22-17(27)5-6-18-25-16(26-28-18)10-29-19-23-14-3-1-2-4-15(14)24-19/h1-4,7-9H,5-6,10H2,(H,22,27)(H,23,24). The smallest absolute Gasteiger partial charge is 0.227 e. The number of aryl methyl sites for hydroxylation is 1. The molecule has 2 heterocycles. The van der Waals surface area contributed by atoms with Crippen LogP contribution in [0.5, 0.6) is 0 Å². The molecule has 1 amide bonds. The molecule has 0 aliphatic rings. The van der Waals surface area contributed by atoms with E-state index in [0.717, 1.165) is 34.4 Å². The van der Waals surface area contributed by atoms with Crippen molar-refractivity contribution in [1.29, 1.82) is 0 Å². The number of carbonyl (C=O) groups excluding carboxylic acids is 1. The molecule has 0 bridgehead atoms. The van der Waals surface area contributed by atoms with E-state index in [1.165, 1.54) is 11.8 Å². The number of carbonyl (C=O) groups is 1. The lowest BCUT2D eigenvalue weighted by Crippen LogP contribution is -2.12. The van der Waals surface area contributed by atoms with E-state index in [4.69, 9.17) is 4.52 Å². The minimum absolute atomic E-state index is 0.0382. The van der Waals surface area contributed by atoms with Gasteiger partial charge in [0, 0.05) is 24.6 Å². The number of hydrogen-bond donors (Lipinski definition) is 2. The molecule has 2 N–H and O–H groups in total. The van der Waals surface area contributed by atoms with E-state index < -0.39 is 17.5 Å². The third-order valence-corrected chi connectivity index (χ3v) is 4.80. The second-order valence-electron chi connectivity index (χ2n) is 6.16. The van der Waals surface area contributed by atoms with Crippen molar-refractivity contribution >= 4 is 34.4 Å². The zero-order chi connectivity index (χ0) is 20.2. The van der Waals surface area contributed by atoms with Gasteiger partial charge in [-0.15, -0.1) is 0 Å². The molecule has 7 nitrogen and oxygen atoms in total. The number of amides is 1. The molecular weight excluding hydrogens is 400 g/mol. The number of H-pyrrole nitrogens is 1. The van der Waals surface area contributed by atoms with Crippen molar-refractivity contribution in [2.75, 3.05) is 5.32 Å². The van der Waals surface area contributed by atoms with Gasteiger partial charge in [-0.25, -0.2) is 13.8 Å². The Kier molecular flexibility index (Phi) is 5.52. The third kappa shape index (κ3) is 4.96. The molecule has 10 heteroatoms. The lowest BCUT2D eigenvalue weighted by atomic mass is 10.2. The number of aromatic nitrogens is 4. The Labute approximate surface area is 167 Å². The largest absolute Gasteiger partial charge is 0.339 e. The normalized spacial score (nSPS) is 11.1. The van der Waals surface area contributed by atoms with Gasteiger partial charge in [-0.3, -0.25) is 4.79 Å². The summed E-state index contributed by atoms with van der Waals surface area (Å²) in [4.78, 5) is 23.9. The predicted octanol–water partition coefficient (Wildman–Crippen LogP) is 4.09. The maximum atomic E-state index is 13.2. The SMILES string of the molecule is O=C(CCc1nc(CSc2nc3ccccc3[nH]2)no1)Nc1cc(F)cc(F)c1. The number of para-hydroxylation sites is 2. The zero-order valence-electron chi connectivity index (χ0n) is 15.0. The molecule has 0 atom stereocenters. The number of aromatic amines is 1. The highest BCUT2D eigenvalue weighted by Gasteiger charge is 2.12. The first-order valence-electron chi connectivity index (χ1n) is 8.70. The number of benzene rings is 2. The number of thioether (sulfide) groups is 1. The number of nitrogens with zero attached hydrogens (tertiary/aromatic N) is 3. The van der Waals surface area contributed by atoms with Crippen LogP contribution < -0.4 is 5.32 Å². The van der Waals surface area contributed by atoms with Crippen molar-refractivity contribution in [3.05, 3.63) is 65.8 Å². The van der Waals surface area contributed by atoms with Crippen molar-refractivity contribution in [2.45, 2.75) is 23.8 Å². The third-order valence-electron chi connectivity index (χ3n) is 3.93. The first kappa shape index (κ1) is 19.1. The molecule has 29 heavy (non-hydrogen) atoms. The quantitative estimate of drug-likeness (QED) is 0.442. The van der Waals surface area contributed by atoms with Crippen LogP contribution in [0.15, 0.2) is 52.1 Å². The summed E-state index contributed by atoms with van der Waals surface area (Å²) in [7, 11) is 0. The van der Waals surface area contributed by atoms with Crippen molar-refractivity contribution in [1.82, 2.24) is 20.1 Å². The van der Waals surface area contributed by atoms with Crippen LogP contribution in [0.2, 0.25) is 0 Å². The number of fused-ring (bicyclic) bond motifs is 1. The van der Waals surface area contributed by atoms with Crippen LogP contribution in [0.25, 0.3) is 11.0 Å². The summed E-state index contributed by atoms with van der Waals surface area (Å²) in [6.07, 6.45) is 0.252. The molecule has 0 radical (unpaired) electrons. The lowest BCUT2D eigenvalue weighted by molar-refractivity contribution is -0.116. The average molecular weight is 415 g/mol. The number of hydrogen-bond acceptors (Lipinski definition) is 6. The fourth-order valence-electron chi connectivity index (χ4n) is 2.65. The predicted molar refractivity (Wildman–Crippen MR) is 103 cm³/mol. The van der Waals surface area contributed by atoms with Gasteiger partial charge in [0.2, 0.25) is 11.8 Å². The fourth-order valence-corrected chi connectivity index (χ4v) is 3.38. The summed E-state index contributed by atoms with van der Waals surface area (Å²) in [5.74, 6) is -0.680. The Bertz CT molecular complexity index is 1110. The molecule has 2 aromatic carbocycles. The Hall–Kier alpha value is -3.27. The summed E-state index contributed by atoms with van der Waals surface area (Å²) in [6.45, 7) is 0. The van der Waals surface area contributed by atoms with Gasteiger partial charge in [-0.1, -0.05) is 29.1 Å². The molecule has 0 aliphatic heterocycles. The van der Waals surface area contributed by atoms with Gasteiger partial charge in [0.25, 0.3) is 0 Å². The number of imidazole rings is 1. The first-order chi connectivity index (χ1) is 14.0. The number of halogens is 2. The van der Waals surface area contributed by atoms with Gasteiger partial charge in [0.15, 0.2) is 11.0 Å². The number of nitrogens with one attached hydrogen (secondary N) is 2. The van der Waals surface area contributed by atoms with Crippen molar-refractivity contribution in [2.24, 2.45) is 0 Å². The molecule has 2 aromatic heterocycles. The number of rotatable bonds is 7. The molecule has 4 rings (SSSR count). The molecule has 0 spiro atoms. The maximum absolute atomic E-state index is 13.2. The van der Waals surface area contributed by atoms with Gasteiger partial charge < -0.3 is 14.8 Å². The Morgan fingerprint density at radius 3 is 2.72 bits per heavy atom. The van der Waals surface area contributed by atoms with Gasteiger partial charge in [0.1, 0.15) is 11.6 Å². The molecule has 0 fully saturated rings. The Balaban J connectivity index is 1.28. The highest BCUT2D eigenvalue weighted by atomic mass is 32.2. The van der Waals surface area contributed by atoms with E-state index in [2.05, 4.69) is 25.4 Å². The topological polar surface area (TPSA) is 96.7 Å². The highest BCUT2D eigenvalue weighted by molar-refractivity contribution is 7.98. The molecule has 148 valence electrons. The summed E-state index contributed by atoms with van der Waals surface area (Å²) in [5.41, 5.74) is 1.89. The second kappa shape index (κ2) is 8.39. The van der Waals surface area contributed by atoms with E-state index in [1.807, 2.05) is 24.3 Å². The molecule has 0 saturated carbocycles. The molecular formula is C19H15F2N5O2S. The van der Waals surface area contributed by atoms with Crippen LogP contribution in [0, 0.1) is 11.6 Å². The van der Waals surface area contributed by atoms with Gasteiger partial charge in [-0.05, 0) is 24.3 Å². The van der Waals surface area contributed by atoms with Crippen LogP contribution in [0.1, 0.15) is 18.1 Å². The average Bonchev–Trinajstić information content (AvgIpc) is 3.30. The van der Waals surface area contributed by atoms with Crippen molar-refractivity contribution in [3.63, 3.8) is 0 Å². The Morgan fingerprint density at radius 1 is 1.14 bits per heavy atom. The van der Waals surface area contributed by atoms with E-state index in [0.29, 0.717) is 17.5 Å². The summed E-state index contributed by atoms with van der Waals surface area (Å²) in [5, 5.41) is 7.07. The lowest BCUT2D eigenvalue weighted by Gasteiger charge is -2.04. The van der Waals surface area contributed by atoms with E-state index in [-0.39, 0.29) is 18.5 Å². The van der Waals surface area contributed by atoms with Crippen LogP contribution in [0.4, 0.5) is 14.5 Å². The van der Waals surface area contributed by atoms with Gasteiger partial charge >= 0.3 is 0 Å². The molecule has 0 unspecified atom stereocenters. The minimum Gasteiger partial charge on any atom is -0.339 e. The monoisotopic (exact) mass is 415 g/mol. The molecule has 0 saturated heterocycles. The van der Waals surface area contributed by atoms with E-state index in [9.17, 15) is 13.6 Å².